The molecule has 1 aromatic heterocycles. The maximum Gasteiger partial charge on any atom is 0.374 e. The van der Waals surface area contributed by atoms with Crippen molar-refractivity contribution in [2.75, 3.05) is 13.2 Å². The van der Waals surface area contributed by atoms with Gasteiger partial charge in [-0.25, -0.2) is 14.6 Å². The Morgan fingerprint density at radius 1 is 1.19 bits per heavy atom. The average Bonchev–Trinajstić information content (AvgIpc) is 2.47. The normalized spacial score (nSPS) is 10.2. The van der Waals surface area contributed by atoms with Gasteiger partial charge in [-0.2, -0.15) is 4.98 Å². The molecule has 0 bridgehead atoms. The minimum atomic E-state index is -1.28. The molecular formula is C14H20N2O5. The van der Waals surface area contributed by atoms with Crippen LogP contribution in [0.3, 0.4) is 0 Å². The molecule has 1 heterocycles. The highest BCUT2D eigenvalue weighted by molar-refractivity contribution is 5.92. The summed E-state index contributed by atoms with van der Waals surface area (Å²) in [5.74, 6) is -2.34. The molecule has 0 aliphatic rings. The van der Waals surface area contributed by atoms with Crippen molar-refractivity contribution >= 4 is 11.9 Å². The van der Waals surface area contributed by atoms with Gasteiger partial charge in [-0.1, -0.05) is 26.7 Å². The predicted molar refractivity (Wildman–Crippen MR) is 74.6 cm³/mol. The van der Waals surface area contributed by atoms with E-state index >= 15 is 0 Å². The lowest BCUT2D eigenvalue weighted by atomic mass is 10.3. The maximum atomic E-state index is 11.9. The molecule has 116 valence electrons. The number of unbranched alkanes of at least 4 members (excludes halogenated alkanes) is 2. The molecule has 0 fully saturated rings. The summed E-state index contributed by atoms with van der Waals surface area (Å²) in [7, 11) is 0. The van der Waals surface area contributed by atoms with E-state index in [4.69, 9.17) is 14.6 Å². The number of nitrogens with zero attached hydrogens (tertiary/aromatic N) is 2. The Bertz CT molecular complexity index is 490. The first-order valence-corrected chi connectivity index (χ1v) is 7.00. The Labute approximate surface area is 123 Å². The third-order valence-electron chi connectivity index (χ3n) is 2.63. The second-order valence-electron chi connectivity index (χ2n) is 4.41. The van der Waals surface area contributed by atoms with Crippen LogP contribution in [-0.2, 0) is 4.74 Å². The molecule has 7 heteroatoms. The van der Waals surface area contributed by atoms with Gasteiger partial charge in [0.1, 0.15) is 5.56 Å². The average molecular weight is 296 g/mol. The van der Waals surface area contributed by atoms with E-state index in [0.717, 1.165) is 31.9 Å². The lowest BCUT2D eigenvalue weighted by Gasteiger charge is -2.10. The second-order valence-corrected chi connectivity index (χ2v) is 4.41. The summed E-state index contributed by atoms with van der Waals surface area (Å²) in [6.45, 7) is 4.62. The minimum absolute atomic E-state index is 0.0441. The predicted octanol–water partition coefficient (Wildman–Crippen LogP) is 2.31. The molecule has 1 N–H and O–H groups in total. The van der Waals surface area contributed by atoms with Crippen molar-refractivity contribution in [2.45, 2.75) is 39.5 Å². The zero-order chi connectivity index (χ0) is 15.7. The van der Waals surface area contributed by atoms with Crippen LogP contribution >= 0.6 is 0 Å². The van der Waals surface area contributed by atoms with E-state index in [2.05, 4.69) is 9.97 Å². The Morgan fingerprint density at radius 3 is 2.48 bits per heavy atom. The summed E-state index contributed by atoms with van der Waals surface area (Å²) < 4.78 is 10.4. The summed E-state index contributed by atoms with van der Waals surface area (Å²) in [5.41, 5.74) is 0.0483. The maximum absolute atomic E-state index is 11.9. The molecule has 0 unspecified atom stereocenters. The molecule has 1 aromatic rings. The van der Waals surface area contributed by atoms with E-state index in [1.54, 1.807) is 0 Å². The molecule has 0 atom stereocenters. The van der Waals surface area contributed by atoms with Crippen molar-refractivity contribution in [3.8, 4) is 5.88 Å². The fourth-order valence-electron chi connectivity index (χ4n) is 1.42. The first-order chi connectivity index (χ1) is 10.1. The van der Waals surface area contributed by atoms with Gasteiger partial charge < -0.3 is 14.6 Å². The van der Waals surface area contributed by atoms with Crippen LogP contribution in [0.25, 0.3) is 0 Å². The molecule has 7 nitrogen and oxygen atoms in total. The van der Waals surface area contributed by atoms with Crippen molar-refractivity contribution in [3.05, 3.63) is 17.6 Å². The van der Waals surface area contributed by atoms with Gasteiger partial charge in [0.25, 0.3) is 0 Å². The first kappa shape index (κ1) is 16.9. The van der Waals surface area contributed by atoms with Gasteiger partial charge in [0.15, 0.2) is 0 Å². The lowest BCUT2D eigenvalue weighted by molar-refractivity contribution is 0.0491. The molecule has 0 amide bonds. The summed E-state index contributed by atoms with van der Waals surface area (Å²) in [4.78, 5) is 30.2. The molecule has 0 aromatic carbocycles. The third kappa shape index (κ3) is 5.37. The SMILES string of the molecule is CCCCOC(=O)c1cnc(C(=O)O)nc1OCCCC. The number of rotatable bonds is 9. The van der Waals surface area contributed by atoms with Crippen LogP contribution in [-0.4, -0.2) is 40.2 Å². The van der Waals surface area contributed by atoms with Gasteiger partial charge >= 0.3 is 11.9 Å². The van der Waals surface area contributed by atoms with Crippen molar-refractivity contribution in [3.63, 3.8) is 0 Å². The highest BCUT2D eigenvalue weighted by atomic mass is 16.5. The molecule has 21 heavy (non-hydrogen) atoms. The van der Waals surface area contributed by atoms with Gasteiger partial charge in [0, 0.05) is 6.20 Å². The van der Waals surface area contributed by atoms with Gasteiger partial charge in [-0.05, 0) is 12.8 Å². The summed E-state index contributed by atoms with van der Waals surface area (Å²) >= 11 is 0. The summed E-state index contributed by atoms with van der Waals surface area (Å²) in [5, 5.41) is 8.89. The van der Waals surface area contributed by atoms with Crippen LogP contribution in [0, 0.1) is 0 Å². The zero-order valence-electron chi connectivity index (χ0n) is 12.3. The molecule has 0 saturated carbocycles. The quantitative estimate of drug-likeness (QED) is 0.551. The Hall–Kier alpha value is -2.18. The van der Waals surface area contributed by atoms with E-state index in [1.165, 1.54) is 0 Å². The lowest BCUT2D eigenvalue weighted by Crippen LogP contribution is -2.14. The molecule has 0 saturated heterocycles. The van der Waals surface area contributed by atoms with E-state index < -0.39 is 17.8 Å². The van der Waals surface area contributed by atoms with E-state index in [1.807, 2.05) is 13.8 Å². The van der Waals surface area contributed by atoms with Crippen molar-refractivity contribution in [1.29, 1.82) is 0 Å². The molecule has 0 aliphatic heterocycles. The number of carbonyl (C=O) groups excluding carboxylic acids is 1. The number of carboxylic acids is 1. The highest BCUT2D eigenvalue weighted by Gasteiger charge is 2.19. The van der Waals surface area contributed by atoms with Crippen LogP contribution in [0.1, 0.15) is 60.5 Å². The standard InChI is InChI=1S/C14H20N2O5/c1-3-5-7-20-12-10(14(19)21-8-6-4-2)9-15-11(16-12)13(17)18/h9H,3-8H2,1-2H3,(H,17,18). The number of carboxylic acid groups (broad SMARTS) is 1. The molecule has 0 spiro atoms. The number of hydrogen-bond acceptors (Lipinski definition) is 6. The van der Waals surface area contributed by atoms with E-state index in [9.17, 15) is 9.59 Å². The fraction of sp³-hybridized carbons (Fsp3) is 0.571. The molecule has 1 rings (SSSR count). The largest absolute Gasteiger partial charge is 0.477 e. The Balaban J connectivity index is 2.88. The Kier molecular flexibility index (Phi) is 7.14. The van der Waals surface area contributed by atoms with E-state index in [0.29, 0.717) is 13.2 Å². The van der Waals surface area contributed by atoms with Gasteiger partial charge in [0.05, 0.1) is 13.2 Å². The van der Waals surface area contributed by atoms with Crippen LogP contribution in [0.15, 0.2) is 6.20 Å². The number of esters is 1. The molecule has 0 radical (unpaired) electrons. The zero-order valence-corrected chi connectivity index (χ0v) is 12.3. The second kappa shape index (κ2) is 8.89. The monoisotopic (exact) mass is 296 g/mol. The summed E-state index contributed by atoms with van der Waals surface area (Å²) in [6, 6.07) is 0. The first-order valence-electron chi connectivity index (χ1n) is 7.00. The minimum Gasteiger partial charge on any atom is -0.477 e. The van der Waals surface area contributed by atoms with Crippen LogP contribution < -0.4 is 4.74 Å². The number of carbonyl (C=O) groups is 2. The Morgan fingerprint density at radius 2 is 1.86 bits per heavy atom. The summed E-state index contributed by atoms with van der Waals surface area (Å²) in [6.07, 6.45) is 4.48. The van der Waals surface area contributed by atoms with Crippen LogP contribution in [0.2, 0.25) is 0 Å². The van der Waals surface area contributed by atoms with Crippen molar-refractivity contribution in [1.82, 2.24) is 9.97 Å². The number of aromatic carboxylic acids is 1. The number of hydrogen-bond donors (Lipinski definition) is 1. The molecule has 0 aliphatic carbocycles. The fourth-order valence-corrected chi connectivity index (χ4v) is 1.42. The van der Waals surface area contributed by atoms with Crippen molar-refractivity contribution < 1.29 is 24.2 Å². The third-order valence-corrected chi connectivity index (χ3v) is 2.63. The van der Waals surface area contributed by atoms with E-state index in [-0.39, 0.29) is 11.4 Å². The van der Waals surface area contributed by atoms with Crippen LogP contribution in [0.5, 0.6) is 5.88 Å². The number of aromatic nitrogens is 2. The van der Waals surface area contributed by atoms with Gasteiger partial charge in [0.2, 0.25) is 11.7 Å². The van der Waals surface area contributed by atoms with Gasteiger partial charge in [-0.3, -0.25) is 0 Å². The van der Waals surface area contributed by atoms with Crippen LogP contribution in [0.4, 0.5) is 0 Å². The topological polar surface area (TPSA) is 98.6 Å². The highest BCUT2D eigenvalue weighted by Crippen LogP contribution is 2.17. The number of ether oxygens (including phenoxy) is 2. The van der Waals surface area contributed by atoms with Crippen molar-refractivity contribution in [2.24, 2.45) is 0 Å². The smallest absolute Gasteiger partial charge is 0.374 e. The van der Waals surface area contributed by atoms with Gasteiger partial charge in [-0.15, -0.1) is 0 Å². The molecular weight excluding hydrogens is 276 g/mol.